The Labute approximate surface area is 72.0 Å². The average Bonchev–Trinajstić information content (AvgIpc) is 2.30. The molecule has 70 valence electrons. The fraction of sp³-hybridized carbons (Fsp3) is 0.857. The highest BCUT2D eigenvalue weighted by Gasteiger charge is 2.29. The Hall–Kier alpha value is -0.650. The summed E-state index contributed by atoms with van der Waals surface area (Å²) in [6, 6.07) is -0.466. The maximum Gasteiger partial charge on any atom is 0.265 e. The molecule has 1 fully saturated rings. The summed E-state index contributed by atoms with van der Waals surface area (Å²) in [6.07, 6.45) is 0. The molecular formula is C7H15N3O2. The molecule has 0 aromatic carbocycles. The molecule has 0 saturated carbocycles. The third kappa shape index (κ3) is 2.17. The number of nitrogens with two attached hydrogens (primary N) is 1. The molecule has 0 radical (unpaired) electrons. The van der Waals surface area contributed by atoms with E-state index < -0.39 is 6.04 Å². The maximum atomic E-state index is 11.2. The Kier molecular flexibility index (Phi) is 3.02. The van der Waals surface area contributed by atoms with E-state index in [2.05, 4.69) is 0 Å². The molecule has 0 aromatic heterocycles. The Morgan fingerprint density at radius 2 is 2.42 bits per heavy atom. The van der Waals surface area contributed by atoms with Crippen molar-refractivity contribution in [3.63, 3.8) is 0 Å². The predicted octanol–water partition coefficient (Wildman–Crippen LogP) is -1.35. The third-order valence-electron chi connectivity index (χ3n) is 1.72. The number of hydroxylamine groups is 2. The van der Waals surface area contributed by atoms with Gasteiger partial charge in [-0.25, -0.2) is 5.06 Å². The maximum absolute atomic E-state index is 11.2. The lowest BCUT2D eigenvalue weighted by Crippen LogP contribution is -2.37. The van der Waals surface area contributed by atoms with Crippen molar-refractivity contribution in [1.29, 1.82) is 0 Å². The second kappa shape index (κ2) is 3.84. The highest BCUT2D eigenvalue weighted by Crippen LogP contribution is 2.04. The summed E-state index contributed by atoms with van der Waals surface area (Å²) in [5, 5.41) is 1.34. The molecule has 1 atom stereocenters. The first-order valence-electron chi connectivity index (χ1n) is 3.96. The van der Waals surface area contributed by atoms with Crippen molar-refractivity contribution in [2.45, 2.75) is 6.04 Å². The average molecular weight is 173 g/mol. The zero-order chi connectivity index (χ0) is 9.14. The molecule has 0 aromatic rings. The van der Waals surface area contributed by atoms with E-state index in [1.165, 1.54) is 5.06 Å². The molecule has 1 heterocycles. The van der Waals surface area contributed by atoms with Crippen LogP contribution < -0.4 is 5.73 Å². The second-order valence-electron chi connectivity index (χ2n) is 3.15. The summed E-state index contributed by atoms with van der Waals surface area (Å²) in [5.74, 6) is -0.114. The normalized spacial score (nSPS) is 24.2. The largest absolute Gasteiger partial charge is 0.318 e. The van der Waals surface area contributed by atoms with Gasteiger partial charge in [0.2, 0.25) is 0 Å². The van der Waals surface area contributed by atoms with Crippen molar-refractivity contribution in [1.82, 2.24) is 9.96 Å². The van der Waals surface area contributed by atoms with Crippen molar-refractivity contribution >= 4 is 5.91 Å². The minimum Gasteiger partial charge on any atom is -0.318 e. The molecule has 1 aliphatic rings. The molecule has 1 saturated heterocycles. The van der Waals surface area contributed by atoms with Gasteiger partial charge in [0.05, 0.1) is 13.2 Å². The van der Waals surface area contributed by atoms with Gasteiger partial charge in [0, 0.05) is 6.54 Å². The van der Waals surface area contributed by atoms with Crippen LogP contribution in [0.3, 0.4) is 0 Å². The van der Waals surface area contributed by atoms with Crippen LogP contribution in [0.25, 0.3) is 0 Å². The molecule has 5 nitrogen and oxygen atoms in total. The first-order chi connectivity index (χ1) is 5.61. The van der Waals surface area contributed by atoms with Crippen LogP contribution in [-0.4, -0.2) is 55.7 Å². The lowest BCUT2D eigenvalue weighted by Gasteiger charge is -2.16. The summed E-state index contributed by atoms with van der Waals surface area (Å²) in [5.41, 5.74) is 5.45. The molecule has 12 heavy (non-hydrogen) atoms. The van der Waals surface area contributed by atoms with Crippen molar-refractivity contribution in [3.8, 4) is 0 Å². The number of carbonyl (C=O) groups excluding carboxylic acids is 1. The van der Waals surface area contributed by atoms with Gasteiger partial charge in [-0.15, -0.1) is 0 Å². The SMILES string of the molecule is CN(C)CCN1OCC(N)C1=O. The van der Waals surface area contributed by atoms with Crippen LogP contribution in [0.15, 0.2) is 0 Å². The van der Waals surface area contributed by atoms with E-state index in [0.717, 1.165) is 6.54 Å². The molecule has 0 bridgehead atoms. The van der Waals surface area contributed by atoms with E-state index in [1.54, 1.807) is 0 Å². The number of hydrogen-bond donors (Lipinski definition) is 1. The van der Waals surface area contributed by atoms with Crippen molar-refractivity contribution in [3.05, 3.63) is 0 Å². The lowest BCUT2D eigenvalue weighted by atomic mass is 10.3. The first-order valence-corrected chi connectivity index (χ1v) is 3.96. The Morgan fingerprint density at radius 1 is 1.75 bits per heavy atom. The molecule has 0 spiro atoms. The van der Waals surface area contributed by atoms with Gasteiger partial charge in [-0.1, -0.05) is 0 Å². The number of likely N-dealkylation sites (N-methyl/N-ethyl adjacent to an activating group) is 1. The van der Waals surface area contributed by atoms with Crippen LogP contribution in [0.1, 0.15) is 0 Å². The van der Waals surface area contributed by atoms with Crippen LogP contribution in [-0.2, 0) is 9.63 Å². The number of rotatable bonds is 3. The highest BCUT2D eigenvalue weighted by molar-refractivity contribution is 5.82. The third-order valence-corrected chi connectivity index (χ3v) is 1.72. The molecular weight excluding hydrogens is 158 g/mol. The van der Waals surface area contributed by atoms with Crippen LogP contribution in [0, 0.1) is 0 Å². The van der Waals surface area contributed by atoms with Gasteiger partial charge in [0.25, 0.3) is 5.91 Å². The van der Waals surface area contributed by atoms with E-state index >= 15 is 0 Å². The number of hydrogen-bond acceptors (Lipinski definition) is 4. The Balaban J connectivity index is 2.30. The number of carbonyl (C=O) groups is 1. The molecule has 1 amide bonds. The quantitative estimate of drug-likeness (QED) is 0.573. The topological polar surface area (TPSA) is 58.8 Å². The molecule has 1 unspecified atom stereocenters. The number of nitrogens with zero attached hydrogens (tertiary/aromatic N) is 2. The van der Waals surface area contributed by atoms with E-state index in [-0.39, 0.29) is 5.91 Å². The number of amides is 1. The van der Waals surface area contributed by atoms with Crippen molar-refractivity contribution < 1.29 is 9.63 Å². The van der Waals surface area contributed by atoms with Crippen molar-refractivity contribution in [2.24, 2.45) is 5.73 Å². The van der Waals surface area contributed by atoms with Gasteiger partial charge < -0.3 is 10.6 Å². The molecule has 1 aliphatic heterocycles. The predicted molar refractivity (Wildman–Crippen MR) is 44.2 cm³/mol. The van der Waals surface area contributed by atoms with E-state index in [9.17, 15) is 4.79 Å². The zero-order valence-corrected chi connectivity index (χ0v) is 7.49. The smallest absolute Gasteiger partial charge is 0.265 e. The van der Waals surface area contributed by atoms with Crippen LogP contribution in [0.2, 0.25) is 0 Å². The van der Waals surface area contributed by atoms with Crippen molar-refractivity contribution in [2.75, 3.05) is 33.8 Å². The summed E-state index contributed by atoms with van der Waals surface area (Å²) >= 11 is 0. The molecule has 5 heteroatoms. The van der Waals surface area contributed by atoms with E-state index in [4.69, 9.17) is 10.6 Å². The highest BCUT2D eigenvalue weighted by atomic mass is 16.7. The van der Waals surface area contributed by atoms with Gasteiger partial charge in [-0.3, -0.25) is 9.63 Å². The summed E-state index contributed by atoms with van der Waals surface area (Å²) in [4.78, 5) is 18.2. The van der Waals surface area contributed by atoms with E-state index in [0.29, 0.717) is 13.2 Å². The lowest BCUT2D eigenvalue weighted by molar-refractivity contribution is -0.162. The van der Waals surface area contributed by atoms with Gasteiger partial charge in [-0.05, 0) is 14.1 Å². The van der Waals surface area contributed by atoms with Crippen LogP contribution in [0.5, 0.6) is 0 Å². The van der Waals surface area contributed by atoms with Gasteiger partial charge in [0.1, 0.15) is 6.04 Å². The minimum atomic E-state index is -0.466. The Morgan fingerprint density at radius 3 is 2.83 bits per heavy atom. The molecule has 0 aliphatic carbocycles. The summed E-state index contributed by atoms with van der Waals surface area (Å²) in [7, 11) is 3.89. The van der Waals surface area contributed by atoms with Crippen LogP contribution in [0.4, 0.5) is 0 Å². The summed E-state index contributed by atoms with van der Waals surface area (Å²) < 4.78 is 0. The second-order valence-corrected chi connectivity index (χ2v) is 3.15. The first kappa shape index (κ1) is 9.44. The molecule has 2 N–H and O–H groups in total. The monoisotopic (exact) mass is 173 g/mol. The van der Waals surface area contributed by atoms with Crippen LogP contribution >= 0.6 is 0 Å². The van der Waals surface area contributed by atoms with E-state index in [1.807, 2.05) is 19.0 Å². The fourth-order valence-corrected chi connectivity index (χ4v) is 0.956. The molecule has 1 rings (SSSR count). The van der Waals surface area contributed by atoms with Gasteiger partial charge in [0.15, 0.2) is 0 Å². The summed E-state index contributed by atoms with van der Waals surface area (Å²) in [6.45, 7) is 1.68. The Bertz CT molecular complexity index is 172. The van der Waals surface area contributed by atoms with Gasteiger partial charge >= 0.3 is 0 Å². The fourth-order valence-electron chi connectivity index (χ4n) is 0.956. The zero-order valence-electron chi connectivity index (χ0n) is 7.49. The standard InChI is InChI=1S/C7H15N3O2/c1-9(2)3-4-10-7(11)6(8)5-12-10/h6H,3-5,8H2,1-2H3. The minimum absolute atomic E-state index is 0.114. The van der Waals surface area contributed by atoms with Gasteiger partial charge in [-0.2, -0.15) is 0 Å².